The molecule has 2 N–H and O–H groups in total. The summed E-state index contributed by atoms with van der Waals surface area (Å²) >= 11 is 5.19. The predicted molar refractivity (Wildman–Crippen MR) is 140 cm³/mol. The maximum absolute atomic E-state index is 11.9. The second kappa shape index (κ2) is 20.0. The molecule has 0 heterocycles. The molecule has 182 valence electrons. The van der Waals surface area contributed by atoms with E-state index in [4.69, 9.17) is 17.0 Å². The van der Waals surface area contributed by atoms with Crippen molar-refractivity contribution < 1.29 is 9.53 Å². The monoisotopic (exact) mass is 462 g/mol. The van der Waals surface area contributed by atoms with Crippen LogP contribution in [-0.2, 0) is 11.2 Å². The molecule has 0 unspecified atom stereocenters. The molecule has 0 aliphatic carbocycles. The van der Waals surface area contributed by atoms with Gasteiger partial charge < -0.3 is 15.4 Å². The Morgan fingerprint density at radius 3 is 1.78 bits per heavy atom. The topological polar surface area (TPSA) is 50.4 Å². The highest BCUT2D eigenvalue weighted by molar-refractivity contribution is 7.80. The second-order valence-electron chi connectivity index (χ2n) is 8.69. The van der Waals surface area contributed by atoms with Gasteiger partial charge in [0.15, 0.2) is 11.7 Å². The van der Waals surface area contributed by atoms with Crippen LogP contribution < -0.4 is 15.4 Å². The third-order valence-electron chi connectivity index (χ3n) is 5.77. The Balaban J connectivity index is 1.88. The summed E-state index contributed by atoms with van der Waals surface area (Å²) in [6, 6.07) is 7.79. The molecule has 5 heteroatoms. The lowest BCUT2D eigenvalue weighted by Crippen LogP contribution is -2.41. The first-order valence-corrected chi connectivity index (χ1v) is 13.4. The van der Waals surface area contributed by atoms with Crippen LogP contribution in [0.15, 0.2) is 24.3 Å². The van der Waals surface area contributed by atoms with Gasteiger partial charge in [-0.05, 0) is 42.8 Å². The molecule has 1 rings (SSSR count). The van der Waals surface area contributed by atoms with Gasteiger partial charge in [0, 0.05) is 6.54 Å². The van der Waals surface area contributed by atoms with Crippen molar-refractivity contribution in [1.29, 1.82) is 0 Å². The Hall–Kier alpha value is -1.62. The van der Waals surface area contributed by atoms with Gasteiger partial charge >= 0.3 is 0 Å². The van der Waals surface area contributed by atoms with Gasteiger partial charge in [0.2, 0.25) is 0 Å². The molecule has 0 aromatic heterocycles. The molecule has 4 nitrogen and oxygen atoms in total. The van der Waals surface area contributed by atoms with Crippen LogP contribution in [0.2, 0.25) is 0 Å². The van der Waals surface area contributed by atoms with E-state index < -0.39 is 0 Å². The zero-order valence-electron chi connectivity index (χ0n) is 20.6. The summed E-state index contributed by atoms with van der Waals surface area (Å²) in [6.45, 7) is 5.15. The zero-order valence-corrected chi connectivity index (χ0v) is 21.4. The average Bonchev–Trinajstić information content (AvgIpc) is 2.80. The van der Waals surface area contributed by atoms with Crippen molar-refractivity contribution in [2.45, 2.75) is 110 Å². The van der Waals surface area contributed by atoms with Gasteiger partial charge in [-0.1, -0.05) is 109 Å². The Morgan fingerprint density at radius 2 is 1.28 bits per heavy atom. The maximum atomic E-state index is 11.9. The molecule has 0 saturated carbocycles. The molecule has 0 fully saturated rings. The SMILES string of the molecule is CCCCCCCCCCCCCCCCNC(=S)NC(=O)COc1ccc(CC)cc1. The van der Waals surface area contributed by atoms with Crippen LogP contribution in [0.3, 0.4) is 0 Å². The van der Waals surface area contributed by atoms with Gasteiger partial charge in [-0.25, -0.2) is 0 Å². The van der Waals surface area contributed by atoms with E-state index in [0.717, 1.165) is 19.4 Å². The van der Waals surface area contributed by atoms with Gasteiger partial charge in [0.25, 0.3) is 5.91 Å². The highest BCUT2D eigenvalue weighted by Gasteiger charge is 2.05. The molecule has 1 aromatic rings. The Morgan fingerprint density at radius 1 is 0.781 bits per heavy atom. The lowest BCUT2D eigenvalue weighted by atomic mass is 10.0. The van der Waals surface area contributed by atoms with E-state index in [9.17, 15) is 4.79 Å². The van der Waals surface area contributed by atoms with Gasteiger partial charge in [0.1, 0.15) is 5.75 Å². The van der Waals surface area contributed by atoms with E-state index in [0.29, 0.717) is 10.9 Å². The number of benzene rings is 1. The second-order valence-corrected chi connectivity index (χ2v) is 9.09. The molecule has 0 saturated heterocycles. The van der Waals surface area contributed by atoms with Gasteiger partial charge in [0.05, 0.1) is 0 Å². The lowest BCUT2D eigenvalue weighted by molar-refractivity contribution is -0.121. The first-order chi connectivity index (χ1) is 15.7. The minimum Gasteiger partial charge on any atom is -0.484 e. The van der Waals surface area contributed by atoms with Crippen molar-refractivity contribution in [1.82, 2.24) is 10.6 Å². The van der Waals surface area contributed by atoms with Crippen molar-refractivity contribution >= 4 is 23.2 Å². The molecule has 0 atom stereocenters. The Labute approximate surface area is 202 Å². The minimum absolute atomic E-state index is 0.0356. The molecular weight excluding hydrogens is 416 g/mol. The number of rotatable bonds is 19. The molecule has 32 heavy (non-hydrogen) atoms. The number of carbonyl (C=O) groups is 1. The first kappa shape index (κ1) is 28.4. The number of ether oxygens (including phenoxy) is 1. The summed E-state index contributed by atoms with van der Waals surface area (Å²) in [5, 5.41) is 6.18. The number of hydrogen-bond acceptors (Lipinski definition) is 3. The molecule has 1 aromatic carbocycles. The van der Waals surface area contributed by atoms with Crippen LogP contribution in [0.5, 0.6) is 5.75 Å². The van der Waals surface area contributed by atoms with E-state index in [1.54, 1.807) is 0 Å². The molecule has 0 bridgehead atoms. The number of hydrogen-bond donors (Lipinski definition) is 2. The van der Waals surface area contributed by atoms with Crippen molar-refractivity contribution in [2.75, 3.05) is 13.2 Å². The van der Waals surface area contributed by atoms with E-state index in [1.165, 1.54) is 89.0 Å². The molecule has 0 spiro atoms. The zero-order chi connectivity index (χ0) is 23.3. The quantitative estimate of drug-likeness (QED) is 0.170. The Bertz CT molecular complexity index is 604. The maximum Gasteiger partial charge on any atom is 0.264 e. The highest BCUT2D eigenvalue weighted by Crippen LogP contribution is 2.13. The molecule has 0 radical (unpaired) electrons. The van der Waals surface area contributed by atoms with Crippen LogP contribution in [-0.4, -0.2) is 24.2 Å². The lowest BCUT2D eigenvalue weighted by Gasteiger charge is -2.10. The predicted octanol–water partition coefficient (Wildman–Crippen LogP) is 7.10. The summed E-state index contributed by atoms with van der Waals surface area (Å²) in [5.74, 6) is 0.460. The third kappa shape index (κ3) is 16.1. The van der Waals surface area contributed by atoms with Crippen molar-refractivity contribution in [3.8, 4) is 5.75 Å². The van der Waals surface area contributed by atoms with E-state index in [2.05, 4.69) is 24.5 Å². The van der Waals surface area contributed by atoms with Crippen molar-refractivity contribution in [3.05, 3.63) is 29.8 Å². The fraction of sp³-hybridized carbons (Fsp3) is 0.704. The number of amides is 1. The average molecular weight is 463 g/mol. The van der Waals surface area contributed by atoms with Crippen LogP contribution in [0.25, 0.3) is 0 Å². The summed E-state index contributed by atoms with van der Waals surface area (Å²) in [7, 11) is 0. The van der Waals surface area contributed by atoms with Crippen molar-refractivity contribution in [2.24, 2.45) is 0 Å². The van der Waals surface area contributed by atoms with Crippen LogP contribution in [0.4, 0.5) is 0 Å². The fourth-order valence-corrected chi connectivity index (χ4v) is 3.91. The Kier molecular flexibility index (Phi) is 17.8. The van der Waals surface area contributed by atoms with Crippen LogP contribution in [0, 0.1) is 0 Å². The number of thiocarbonyl (C=S) groups is 1. The number of carbonyl (C=O) groups excluding carboxylic acids is 1. The largest absolute Gasteiger partial charge is 0.484 e. The van der Waals surface area contributed by atoms with E-state index in [1.807, 2.05) is 24.3 Å². The number of unbranched alkanes of at least 4 members (excludes halogenated alkanes) is 13. The molecular formula is C27H46N2O2S. The molecule has 1 amide bonds. The van der Waals surface area contributed by atoms with Gasteiger partial charge in [-0.2, -0.15) is 0 Å². The van der Waals surface area contributed by atoms with Crippen LogP contribution in [0.1, 0.15) is 109 Å². The standard InChI is InChI=1S/C27H46N2O2S/c1-3-5-6-7-8-9-10-11-12-13-14-15-16-17-22-28-27(32)29-26(30)23-31-25-20-18-24(4-2)19-21-25/h18-21H,3-17,22-23H2,1-2H3,(H2,28,29,30,32). The summed E-state index contributed by atoms with van der Waals surface area (Å²) < 4.78 is 5.50. The van der Waals surface area contributed by atoms with Gasteiger partial charge in [-0.15, -0.1) is 0 Å². The molecule has 0 aliphatic rings. The van der Waals surface area contributed by atoms with Crippen LogP contribution >= 0.6 is 12.2 Å². The number of nitrogens with one attached hydrogen (secondary N) is 2. The summed E-state index contributed by atoms with van der Waals surface area (Å²) in [5.41, 5.74) is 1.25. The number of aryl methyl sites for hydroxylation is 1. The van der Waals surface area contributed by atoms with Crippen molar-refractivity contribution in [3.63, 3.8) is 0 Å². The minimum atomic E-state index is -0.233. The van der Waals surface area contributed by atoms with E-state index >= 15 is 0 Å². The van der Waals surface area contributed by atoms with Gasteiger partial charge in [-0.3, -0.25) is 4.79 Å². The highest BCUT2D eigenvalue weighted by atomic mass is 32.1. The first-order valence-electron chi connectivity index (χ1n) is 12.9. The normalized spacial score (nSPS) is 10.7. The fourth-order valence-electron chi connectivity index (χ4n) is 3.70. The molecule has 0 aliphatic heterocycles. The smallest absolute Gasteiger partial charge is 0.264 e. The summed E-state index contributed by atoms with van der Waals surface area (Å²) in [6.07, 6.45) is 19.9. The summed E-state index contributed by atoms with van der Waals surface area (Å²) in [4.78, 5) is 11.9. The third-order valence-corrected chi connectivity index (χ3v) is 6.02. The van der Waals surface area contributed by atoms with E-state index in [-0.39, 0.29) is 12.5 Å².